The number of nitrogens with zero attached hydrogens (tertiary/aromatic N) is 2. The van der Waals surface area contributed by atoms with Crippen molar-refractivity contribution in [3.8, 4) is 0 Å². The smallest absolute Gasteiger partial charge is 0.278 e. The third-order valence-corrected chi connectivity index (χ3v) is 7.53. The fourth-order valence-electron chi connectivity index (χ4n) is 3.17. The molecule has 0 atom stereocenters. The summed E-state index contributed by atoms with van der Waals surface area (Å²) in [6.45, 7) is 1.97. The fourth-order valence-corrected chi connectivity index (χ4v) is 5.40. The van der Waals surface area contributed by atoms with Gasteiger partial charge in [0.1, 0.15) is 16.3 Å². The molecule has 0 amide bonds. The van der Waals surface area contributed by atoms with Crippen LogP contribution in [-0.4, -0.2) is 26.2 Å². The highest BCUT2D eigenvalue weighted by Crippen LogP contribution is 2.37. The van der Waals surface area contributed by atoms with Crippen LogP contribution in [0.3, 0.4) is 0 Å². The lowest BCUT2D eigenvalue weighted by atomic mass is 9.98. The van der Waals surface area contributed by atoms with Crippen LogP contribution in [0.15, 0.2) is 69.5 Å². The first-order valence-corrected chi connectivity index (χ1v) is 11.3. The Hall–Kier alpha value is -2.42. The quantitative estimate of drug-likeness (QED) is 0.699. The number of allylic oxidation sites excluding steroid dienone is 6. The Balaban J connectivity index is 1.66. The minimum Gasteiger partial charge on any atom is -0.363 e. The Kier molecular flexibility index (Phi) is 5.10. The summed E-state index contributed by atoms with van der Waals surface area (Å²) in [4.78, 5) is 4.71. The molecule has 5 nitrogen and oxygen atoms in total. The number of sulfonamides is 1. The zero-order chi connectivity index (χ0) is 20.6. The molecule has 1 aromatic carbocycles. The van der Waals surface area contributed by atoms with Crippen LogP contribution in [0.25, 0.3) is 10.2 Å². The molecule has 1 heterocycles. The van der Waals surface area contributed by atoms with Crippen molar-refractivity contribution in [3.05, 3.63) is 76.0 Å². The first kappa shape index (κ1) is 19.9. The normalized spacial score (nSPS) is 22.0. The molecule has 2 aliphatic carbocycles. The van der Waals surface area contributed by atoms with Gasteiger partial charge >= 0.3 is 0 Å². The average molecular weight is 431 g/mol. The predicted octanol–water partition coefficient (Wildman–Crippen LogP) is 4.80. The summed E-state index contributed by atoms with van der Waals surface area (Å²) in [5, 5.41) is 0.560. The molecule has 2 aromatic rings. The monoisotopic (exact) mass is 430 g/mol. The molecule has 0 aliphatic heterocycles. The third kappa shape index (κ3) is 3.75. The van der Waals surface area contributed by atoms with E-state index in [4.69, 9.17) is 4.74 Å². The van der Waals surface area contributed by atoms with Crippen molar-refractivity contribution in [1.29, 1.82) is 0 Å². The van der Waals surface area contributed by atoms with Crippen LogP contribution in [-0.2, 0) is 20.4 Å². The Bertz CT molecular complexity index is 1220. The van der Waals surface area contributed by atoms with Gasteiger partial charge in [-0.15, -0.1) is 11.3 Å². The number of hydrogen-bond acceptors (Lipinski definition) is 5. The van der Waals surface area contributed by atoms with Gasteiger partial charge in [-0.2, -0.15) is 12.8 Å². The van der Waals surface area contributed by atoms with Crippen LogP contribution in [0.2, 0.25) is 0 Å². The van der Waals surface area contributed by atoms with Crippen molar-refractivity contribution in [3.63, 3.8) is 0 Å². The van der Waals surface area contributed by atoms with E-state index >= 15 is 0 Å². The first-order chi connectivity index (χ1) is 13.8. The summed E-state index contributed by atoms with van der Waals surface area (Å²) in [5.41, 5.74) is 0.742. The van der Waals surface area contributed by atoms with Gasteiger partial charge < -0.3 is 4.74 Å². The molecule has 0 fully saturated rings. The van der Waals surface area contributed by atoms with Crippen molar-refractivity contribution < 1.29 is 17.5 Å². The standard InChI is InChI=1S/C21H19FN2O3S2/c1-14-6-8-16(9-7-14)29(25,26)24-15-10-12-21(27-2,13-11-15)20-23-19-17(22)4-3-5-18(19)28-20/h3-6,8,10-13H,7,9H2,1-2H3. The molecule has 0 N–H and O–H groups in total. The van der Waals surface area contributed by atoms with E-state index in [1.165, 1.54) is 24.5 Å². The molecule has 2 aliphatic rings. The van der Waals surface area contributed by atoms with Gasteiger partial charge in [0.05, 0.1) is 15.3 Å². The number of ether oxygens (including phenoxy) is 1. The lowest BCUT2D eigenvalue weighted by Crippen LogP contribution is -2.26. The Morgan fingerprint density at radius 1 is 1.21 bits per heavy atom. The van der Waals surface area contributed by atoms with E-state index in [1.807, 2.05) is 13.0 Å². The molecule has 150 valence electrons. The van der Waals surface area contributed by atoms with Crippen molar-refractivity contribution >= 4 is 37.3 Å². The highest BCUT2D eigenvalue weighted by molar-refractivity contribution is 7.94. The summed E-state index contributed by atoms with van der Waals surface area (Å²) in [7, 11) is -2.22. The van der Waals surface area contributed by atoms with Crippen LogP contribution in [0, 0.1) is 5.82 Å². The fraction of sp³-hybridized carbons (Fsp3) is 0.238. The minimum atomic E-state index is -3.74. The largest absolute Gasteiger partial charge is 0.363 e. The second kappa shape index (κ2) is 7.44. The highest BCUT2D eigenvalue weighted by Gasteiger charge is 2.33. The number of thiazole rings is 1. The average Bonchev–Trinajstić information content (AvgIpc) is 3.15. The lowest BCUT2D eigenvalue weighted by Gasteiger charge is -2.25. The van der Waals surface area contributed by atoms with Crippen molar-refractivity contribution in [2.75, 3.05) is 7.11 Å². The van der Waals surface area contributed by atoms with E-state index in [2.05, 4.69) is 9.38 Å². The molecule has 0 saturated heterocycles. The van der Waals surface area contributed by atoms with Crippen LogP contribution >= 0.6 is 11.3 Å². The maximum absolute atomic E-state index is 14.0. The van der Waals surface area contributed by atoms with Gasteiger partial charge in [-0.1, -0.05) is 17.7 Å². The molecule has 0 bridgehead atoms. The highest BCUT2D eigenvalue weighted by atomic mass is 32.2. The summed E-state index contributed by atoms with van der Waals surface area (Å²) >= 11 is 1.33. The lowest BCUT2D eigenvalue weighted by molar-refractivity contribution is 0.0721. The van der Waals surface area contributed by atoms with Gasteiger partial charge in [-0.05, 0) is 62.3 Å². The number of benzene rings is 1. The topological polar surface area (TPSA) is 68.6 Å². The van der Waals surface area contributed by atoms with E-state index in [9.17, 15) is 12.8 Å². The number of halogens is 1. The molecule has 29 heavy (non-hydrogen) atoms. The second-order valence-electron chi connectivity index (χ2n) is 6.91. The zero-order valence-corrected chi connectivity index (χ0v) is 17.6. The SMILES string of the molecule is COC1(c2nc3c(F)cccc3s2)C=CC(=NS(=O)(=O)C2=CC=C(C)CC2)C=C1. The molecular formula is C21H19FN2O3S2. The van der Waals surface area contributed by atoms with Gasteiger partial charge in [-0.25, -0.2) is 9.37 Å². The molecule has 0 saturated carbocycles. The first-order valence-electron chi connectivity index (χ1n) is 9.03. The van der Waals surface area contributed by atoms with Crippen molar-refractivity contribution in [2.45, 2.75) is 25.4 Å². The molecule has 8 heteroatoms. The number of hydrogen-bond donors (Lipinski definition) is 0. The molecule has 0 spiro atoms. The van der Waals surface area contributed by atoms with E-state index in [0.717, 1.165) is 5.57 Å². The second-order valence-corrected chi connectivity index (χ2v) is 9.59. The minimum absolute atomic E-state index is 0.292. The summed E-state index contributed by atoms with van der Waals surface area (Å²) < 4.78 is 49.5. The van der Waals surface area contributed by atoms with Crippen LogP contribution in [0.5, 0.6) is 0 Å². The molecule has 1 aromatic heterocycles. The van der Waals surface area contributed by atoms with Gasteiger partial charge in [0.25, 0.3) is 10.0 Å². The molecule has 4 rings (SSSR count). The number of methoxy groups -OCH3 is 1. The van der Waals surface area contributed by atoms with Crippen molar-refractivity contribution in [1.82, 2.24) is 4.98 Å². The Morgan fingerprint density at radius 3 is 2.59 bits per heavy atom. The Labute approximate surface area is 172 Å². The van der Waals surface area contributed by atoms with E-state index in [0.29, 0.717) is 38.7 Å². The maximum Gasteiger partial charge on any atom is 0.278 e. The number of aromatic nitrogens is 1. The summed E-state index contributed by atoms with van der Waals surface area (Å²) in [6.07, 6.45) is 11.2. The van der Waals surface area contributed by atoms with E-state index in [1.54, 1.807) is 42.5 Å². The third-order valence-electron chi connectivity index (χ3n) is 4.92. The van der Waals surface area contributed by atoms with Crippen molar-refractivity contribution in [2.24, 2.45) is 4.40 Å². The predicted molar refractivity (Wildman–Crippen MR) is 114 cm³/mol. The van der Waals surface area contributed by atoms with Crippen LogP contribution < -0.4 is 0 Å². The zero-order valence-electron chi connectivity index (χ0n) is 15.9. The molecular weight excluding hydrogens is 411 g/mol. The maximum atomic E-state index is 14.0. The van der Waals surface area contributed by atoms with Gasteiger partial charge in [0.2, 0.25) is 0 Å². The van der Waals surface area contributed by atoms with E-state index in [-0.39, 0.29) is 0 Å². The van der Waals surface area contributed by atoms with Gasteiger partial charge in [0, 0.05) is 7.11 Å². The van der Waals surface area contributed by atoms with Crippen LogP contribution in [0.4, 0.5) is 4.39 Å². The Morgan fingerprint density at radius 2 is 1.97 bits per heavy atom. The number of fused-ring (bicyclic) bond motifs is 1. The van der Waals surface area contributed by atoms with Gasteiger partial charge in [-0.3, -0.25) is 0 Å². The number of para-hydroxylation sites is 1. The van der Waals surface area contributed by atoms with Crippen LogP contribution in [0.1, 0.15) is 24.8 Å². The summed E-state index contributed by atoms with van der Waals surface area (Å²) in [5.74, 6) is -0.390. The number of rotatable bonds is 4. The summed E-state index contributed by atoms with van der Waals surface area (Å²) in [6, 6.07) is 4.80. The van der Waals surface area contributed by atoms with E-state index < -0.39 is 21.4 Å². The molecule has 0 radical (unpaired) electrons. The molecule has 0 unspecified atom stereocenters. The van der Waals surface area contributed by atoms with Gasteiger partial charge in [0.15, 0.2) is 5.60 Å².